The molecule has 0 radical (unpaired) electrons. The van der Waals surface area contributed by atoms with Gasteiger partial charge in [0.2, 0.25) is 5.91 Å². The van der Waals surface area contributed by atoms with Gasteiger partial charge in [0.25, 0.3) is 0 Å². The van der Waals surface area contributed by atoms with E-state index < -0.39 is 0 Å². The molecule has 0 atom stereocenters. The molecule has 4 nitrogen and oxygen atoms in total. The van der Waals surface area contributed by atoms with E-state index in [0.717, 1.165) is 17.9 Å². The molecule has 1 aromatic heterocycles. The highest BCUT2D eigenvalue weighted by Crippen LogP contribution is 2.10. The summed E-state index contributed by atoms with van der Waals surface area (Å²) in [7, 11) is 0. The topological polar surface area (TPSA) is 54.1 Å². The lowest BCUT2D eigenvalue weighted by molar-refractivity contribution is -0.121. The van der Waals surface area contributed by atoms with Crippen LogP contribution in [0.3, 0.4) is 0 Å². The summed E-state index contributed by atoms with van der Waals surface area (Å²) < 4.78 is 5.50. The molecular weight excluding hydrogens is 264 g/mol. The third kappa shape index (κ3) is 4.99. The predicted molar refractivity (Wildman–Crippen MR) is 83.5 cm³/mol. The fourth-order valence-electron chi connectivity index (χ4n) is 2.24. The summed E-state index contributed by atoms with van der Waals surface area (Å²) in [4.78, 5) is 15.0. The molecule has 2 aromatic rings. The van der Waals surface area contributed by atoms with Crippen molar-refractivity contribution >= 4 is 5.91 Å². The van der Waals surface area contributed by atoms with Gasteiger partial charge in [0.15, 0.2) is 0 Å². The lowest BCUT2D eigenvalue weighted by Gasteiger charge is -2.07. The van der Waals surface area contributed by atoms with E-state index in [1.54, 1.807) is 0 Å². The minimum absolute atomic E-state index is 0.0239. The van der Waals surface area contributed by atoms with Crippen LogP contribution in [-0.2, 0) is 11.2 Å². The standard InChI is InChI=1S/C17H22N2O2/c1-13-12-15(14(2)19-13)8-10-18-17(20)9-11-21-16-6-4-3-5-7-16/h3-7,12,19H,8-11H2,1-2H3,(H,18,20). The van der Waals surface area contributed by atoms with Crippen LogP contribution < -0.4 is 10.1 Å². The van der Waals surface area contributed by atoms with Gasteiger partial charge in [0.05, 0.1) is 13.0 Å². The van der Waals surface area contributed by atoms with Crippen LogP contribution in [0.25, 0.3) is 0 Å². The fourth-order valence-corrected chi connectivity index (χ4v) is 2.24. The highest BCUT2D eigenvalue weighted by Gasteiger charge is 2.04. The van der Waals surface area contributed by atoms with Crippen molar-refractivity contribution in [3.63, 3.8) is 0 Å². The van der Waals surface area contributed by atoms with Gasteiger partial charge in [-0.1, -0.05) is 18.2 Å². The second-order valence-corrected chi connectivity index (χ2v) is 5.11. The minimum Gasteiger partial charge on any atom is -0.493 e. The quantitative estimate of drug-likeness (QED) is 0.822. The van der Waals surface area contributed by atoms with Crippen LogP contribution in [0.1, 0.15) is 23.4 Å². The van der Waals surface area contributed by atoms with Gasteiger partial charge in [0, 0.05) is 17.9 Å². The molecular formula is C17H22N2O2. The van der Waals surface area contributed by atoms with Gasteiger partial charge < -0.3 is 15.0 Å². The van der Waals surface area contributed by atoms with Gasteiger partial charge in [-0.3, -0.25) is 4.79 Å². The number of carbonyl (C=O) groups is 1. The number of para-hydroxylation sites is 1. The number of benzene rings is 1. The molecule has 4 heteroatoms. The number of amides is 1. The molecule has 0 aliphatic rings. The van der Waals surface area contributed by atoms with E-state index in [0.29, 0.717) is 19.6 Å². The Morgan fingerprint density at radius 1 is 1.24 bits per heavy atom. The van der Waals surface area contributed by atoms with Crippen molar-refractivity contribution in [2.75, 3.05) is 13.2 Å². The number of hydrogen-bond acceptors (Lipinski definition) is 2. The Morgan fingerprint density at radius 3 is 2.67 bits per heavy atom. The first kappa shape index (κ1) is 15.2. The molecule has 0 spiro atoms. The zero-order valence-corrected chi connectivity index (χ0v) is 12.6. The first-order valence-electron chi connectivity index (χ1n) is 7.25. The third-order valence-electron chi connectivity index (χ3n) is 3.31. The Morgan fingerprint density at radius 2 is 2.00 bits per heavy atom. The zero-order valence-electron chi connectivity index (χ0n) is 12.6. The summed E-state index contributed by atoms with van der Waals surface area (Å²) in [6.45, 7) is 5.15. The van der Waals surface area contributed by atoms with Gasteiger partial charge in [-0.15, -0.1) is 0 Å². The fraction of sp³-hybridized carbons (Fsp3) is 0.353. The average Bonchev–Trinajstić information content (AvgIpc) is 2.78. The maximum absolute atomic E-state index is 11.7. The van der Waals surface area contributed by atoms with Crippen molar-refractivity contribution in [2.24, 2.45) is 0 Å². The lowest BCUT2D eigenvalue weighted by Crippen LogP contribution is -2.27. The van der Waals surface area contributed by atoms with E-state index in [2.05, 4.69) is 23.3 Å². The van der Waals surface area contributed by atoms with Crippen LogP contribution in [0.4, 0.5) is 0 Å². The van der Waals surface area contributed by atoms with Crippen LogP contribution in [0.5, 0.6) is 5.75 Å². The number of carbonyl (C=O) groups excluding carboxylic acids is 1. The number of aryl methyl sites for hydroxylation is 2. The van der Waals surface area contributed by atoms with Crippen LogP contribution in [0, 0.1) is 13.8 Å². The lowest BCUT2D eigenvalue weighted by atomic mass is 10.2. The summed E-state index contributed by atoms with van der Waals surface area (Å²) in [5, 5.41) is 2.92. The molecule has 0 saturated heterocycles. The van der Waals surface area contributed by atoms with Gasteiger partial charge >= 0.3 is 0 Å². The summed E-state index contributed by atoms with van der Waals surface area (Å²) in [6.07, 6.45) is 1.22. The van der Waals surface area contributed by atoms with Crippen LogP contribution in [-0.4, -0.2) is 24.0 Å². The molecule has 2 rings (SSSR count). The number of ether oxygens (including phenoxy) is 1. The van der Waals surface area contributed by atoms with E-state index in [1.165, 1.54) is 11.3 Å². The number of aromatic amines is 1. The summed E-state index contributed by atoms with van der Waals surface area (Å²) in [6, 6.07) is 11.7. The first-order chi connectivity index (χ1) is 10.1. The number of aromatic nitrogens is 1. The largest absolute Gasteiger partial charge is 0.493 e. The van der Waals surface area contributed by atoms with Crippen LogP contribution >= 0.6 is 0 Å². The van der Waals surface area contributed by atoms with E-state index in [-0.39, 0.29) is 5.91 Å². The molecule has 1 aromatic carbocycles. The Labute approximate surface area is 125 Å². The summed E-state index contributed by atoms with van der Waals surface area (Å²) in [5.41, 5.74) is 3.59. The first-order valence-corrected chi connectivity index (χ1v) is 7.25. The minimum atomic E-state index is 0.0239. The SMILES string of the molecule is Cc1cc(CCNC(=O)CCOc2ccccc2)c(C)[nH]1. The second kappa shape index (κ2) is 7.53. The molecule has 0 saturated carbocycles. The van der Waals surface area contributed by atoms with Crippen molar-refractivity contribution < 1.29 is 9.53 Å². The Kier molecular flexibility index (Phi) is 5.43. The third-order valence-corrected chi connectivity index (χ3v) is 3.31. The van der Waals surface area contributed by atoms with E-state index in [9.17, 15) is 4.79 Å². The summed E-state index contributed by atoms with van der Waals surface area (Å²) in [5.74, 6) is 0.819. The maximum atomic E-state index is 11.7. The zero-order chi connectivity index (χ0) is 15.1. The smallest absolute Gasteiger partial charge is 0.223 e. The van der Waals surface area contributed by atoms with Crippen molar-refractivity contribution in [1.29, 1.82) is 0 Å². The van der Waals surface area contributed by atoms with E-state index >= 15 is 0 Å². The monoisotopic (exact) mass is 286 g/mol. The molecule has 2 N–H and O–H groups in total. The summed E-state index contributed by atoms with van der Waals surface area (Å²) >= 11 is 0. The van der Waals surface area contributed by atoms with Gasteiger partial charge in [-0.2, -0.15) is 0 Å². The molecule has 1 heterocycles. The number of rotatable bonds is 7. The highest BCUT2D eigenvalue weighted by molar-refractivity contribution is 5.75. The van der Waals surface area contributed by atoms with Gasteiger partial charge in [-0.05, 0) is 44.0 Å². The Bertz CT molecular complexity index is 576. The van der Waals surface area contributed by atoms with Crippen molar-refractivity contribution in [1.82, 2.24) is 10.3 Å². The number of nitrogens with one attached hydrogen (secondary N) is 2. The van der Waals surface area contributed by atoms with Crippen LogP contribution in [0.2, 0.25) is 0 Å². The molecule has 0 bridgehead atoms. The van der Waals surface area contributed by atoms with Crippen molar-refractivity contribution in [3.05, 3.63) is 53.3 Å². The maximum Gasteiger partial charge on any atom is 0.223 e. The van der Waals surface area contributed by atoms with E-state index in [4.69, 9.17) is 4.74 Å². The average molecular weight is 286 g/mol. The molecule has 1 amide bonds. The second-order valence-electron chi connectivity index (χ2n) is 5.11. The van der Waals surface area contributed by atoms with Crippen molar-refractivity contribution in [2.45, 2.75) is 26.7 Å². The molecule has 0 aliphatic carbocycles. The van der Waals surface area contributed by atoms with Crippen molar-refractivity contribution in [3.8, 4) is 5.75 Å². The molecule has 0 fully saturated rings. The Hall–Kier alpha value is -2.23. The number of H-pyrrole nitrogens is 1. The predicted octanol–water partition coefficient (Wildman–Crippen LogP) is 2.76. The van der Waals surface area contributed by atoms with Gasteiger partial charge in [-0.25, -0.2) is 0 Å². The van der Waals surface area contributed by atoms with Crippen LogP contribution in [0.15, 0.2) is 36.4 Å². The number of hydrogen-bond donors (Lipinski definition) is 2. The molecule has 21 heavy (non-hydrogen) atoms. The Balaban J connectivity index is 1.63. The highest BCUT2D eigenvalue weighted by atomic mass is 16.5. The van der Waals surface area contributed by atoms with Gasteiger partial charge in [0.1, 0.15) is 5.75 Å². The van der Waals surface area contributed by atoms with E-state index in [1.807, 2.05) is 37.3 Å². The molecule has 112 valence electrons. The molecule has 0 aliphatic heterocycles. The molecule has 0 unspecified atom stereocenters. The normalized spacial score (nSPS) is 10.4.